The maximum Gasteiger partial charge on any atom is 0.419 e. The van der Waals surface area contributed by atoms with E-state index in [9.17, 15) is 4.79 Å². The fourth-order valence-corrected chi connectivity index (χ4v) is 9.09. The van der Waals surface area contributed by atoms with Gasteiger partial charge in [-0.05, 0) is 17.7 Å². The third kappa shape index (κ3) is 4.13. The largest absolute Gasteiger partial charge is 0.444 e. The number of fused-ring (bicyclic) bond motifs is 7. The van der Waals surface area contributed by atoms with Crippen molar-refractivity contribution < 1.29 is 9.53 Å². The Balaban J connectivity index is 1.57. The highest BCUT2D eigenvalue weighted by Crippen LogP contribution is 2.52. The Morgan fingerprint density at radius 2 is 1.23 bits per heavy atom. The van der Waals surface area contributed by atoms with Crippen molar-refractivity contribution in [3.8, 4) is 24.3 Å². The lowest BCUT2D eigenvalue weighted by molar-refractivity contribution is 0.143. The summed E-state index contributed by atoms with van der Waals surface area (Å²) in [5.41, 5.74) is 1.69. The van der Waals surface area contributed by atoms with Gasteiger partial charge < -0.3 is 4.74 Å². The highest BCUT2D eigenvalue weighted by atomic mass is 32.1. The van der Waals surface area contributed by atoms with E-state index < -0.39 is 6.09 Å². The molecule has 0 aliphatic rings. The average molecular weight is 580 g/mol. The van der Waals surface area contributed by atoms with Crippen LogP contribution in [0.15, 0.2) is 52.4 Å². The number of aromatic nitrogens is 1. The minimum atomic E-state index is -0.556. The SMILES string of the molecule is N#CC(C#N)=Nc1cc2sc3c4sc5cc(N=C(C#N)C#N)sc5c4n(C(=O)OCc4ccccc4)c3c2s1. The molecular formula is C26H9N7O2S4. The smallest absolute Gasteiger partial charge is 0.419 e. The summed E-state index contributed by atoms with van der Waals surface area (Å²) in [7, 11) is 0. The molecule has 1 aromatic carbocycles. The average Bonchev–Trinajstić information content (AvgIpc) is 3.73. The van der Waals surface area contributed by atoms with Gasteiger partial charge in [-0.15, -0.1) is 45.3 Å². The fraction of sp³-hybridized carbons (Fsp3) is 0.0385. The first-order valence-corrected chi connectivity index (χ1v) is 14.2. The molecule has 5 aromatic heterocycles. The Bertz CT molecular complexity index is 2040. The van der Waals surface area contributed by atoms with Crippen LogP contribution in [0.1, 0.15) is 5.56 Å². The zero-order valence-electron chi connectivity index (χ0n) is 19.3. The molecule has 13 heteroatoms. The Hall–Kier alpha value is -4.89. The summed E-state index contributed by atoms with van der Waals surface area (Å²) in [5.74, 6) is 0. The van der Waals surface area contributed by atoms with Gasteiger partial charge in [-0.25, -0.2) is 19.3 Å². The first-order chi connectivity index (χ1) is 19.0. The zero-order valence-corrected chi connectivity index (χ0v) is 22.6. The molecule has 5 heterocycles. The highest BCUT2D eigenvalue weighted by Gasteiger charge is 2.27. The number of aliphatic imine (C=N–C) groups is 2. The van der Waals surface area contributed by atoms with Gasteiger partial charge in [0.15, 0.2) is 0 Å². The summed E-state index contributed by atoms with van der Waals surface area (Å²) >= 11 is 5.57. The third-order valence-electron chi connectivity index (χ3n) is 5.56. The molecule has 6 aromatic rings. The van der Waals surface area contributed by atoms with Crippen LogP contribution in [0.25, 0.3) is 39.2 Å². The quantitative estimate of drug-likeness (QED) is 0.195. The van der Waals surface area contributed by atoms with E-state index in [1.54, 1.807) is 41.0 Å². The molecule has 9 nitrogen and oxygen atoms in total. The van der Waals surface area contributed by atoms with E-state index in [1.807, 2.05) is 30.3 Å². The van der Waals surface area contributed by atoms with Crippen LogP contribution in [-0.4, -0.2) is 22.1 Å². The molecular weight excluding hydrogens is 571 g/mol. The molecule has 0 saturated carbocycles. The Morgan fingerprint density at radius 1 is 0.744 bits per heavy atom. The molecule has 0 radical (unpaired) electrons. The number of thiophene rings is 4. The van der Waals surface area contributed by atoms with Crippen LogP contribution in [0, 0.1) is 45.3 Å². The van der Waals surface area contributed by atoms with Crippen molar-refractivity contribution in [1.82, 2.24) is 4.57 Å². The lowest BCUT2D eigenvalue weighted by Gasteiger charge is -2.07. The van der Waals surface area contributed by atoms with Crippen molar-refractivity contribution >= 4 is 112 Å². The number of nitriles is 4. The molecule has 0 amide bonds. The molecule has 39 heavy (non-hydrogen) atoms. The molecule has 0 bridgehead atoms. The fourth-order valence-electron chi connectivity index (χ4n) is 4.00. The van der Waals surface area contributed by atoms with Crippen molar-refractivity contribution in [3.05, 3.63) is 48.0 Å². The van der Waals surface area contributed by atoms with E-state index >= 15 is 0 Å². The number of rotatable bonds is 4. The lowest BCUT2D eigenvalue weighted by Crippen LogP contribution is -2.13. The number of carbonyl (C=O) groups is 1. The van der Waals surface area contributed by atoms with Gasteiger partial charge >= 0.3 is 6.09 Å². The topological polar surface area (TPSA) is 151 Å². The minimum absolute atomic E-state index is 0.0861. The summed E-state index contributed by atoms with van der Waals surface area (Å²) in [4.78, 5) is 21.9. The van der Waals surface area contributed by atoms with Crippen LogP contribution in [-0.2, 0) is 11.3 Å². The van der Waals surface area contributed by atoms with E-state index in [2.05, 4.69) is 9.98 Å². The number of ether oxygens (including phenoxy) is 1. The van der Waals surface area contributed by atoms with Crippen molar-refractivity contribution in [2.75, 3.05) is 0 Å². The first kappa shape index (κ1) is 24.4. The number of hydrogen-bond donors (Lipinski definition) is 0. The zero-order chi connectivity index (χ0) is 27.1. The van der Waals surface area contributed by atoms with Crippen molar-refractivity contribution in [3.63, 3.8) is 0 Å². The van der Waals surface area contributed by atoms with E-state index in [-0.39, 0.29) is 18.0 Å². The van der Waals surface area contributed by atoms with Crippen LogP contribution in [0.5, 0.6) is 0 Å². The van der Waals surface area contributed by atoms with Crippen LogP contribution < -0.4 is 0 Å². The summed E-state index contributed by atoms with van der Waals surface area (Å²) < 4.78 is 12.5. The Kier molecular flexibility index (Phi) is 6.12. The number of benzene rings is 1. The van der Waals surface area contributed by atoms with Gasteiger partial charge in [-0.2, -0.15) is 21.0 Å². The minimum Gasteiger partial charge on any atom is -0.444 e. The number of carbonyl (C=O) groups excluding carboxylic acids is 1. The van der Waals surface area contributed by atoms with E-state index in [4.69, 9.17) is 25.8 Å². The van der Waals surface area contributed by atoms with E-state index in [0.29, 0.717) is 21.0 Å². The normalized spacial score (nSPS) is 10.7. The van der Waals surface area contributed by atoms with Crippen molar-refractivity contribution in [2.24, 2.45) is 9.98 Å². The molecule has 0 saturated heterocycles. The van der Waals surface area contributed by atoms with E-state index in [0.717, 1.165) is 33.8 Å². The Labute approximate surface area is 235 Å². The number of hydrogen-bond acceptors (Lipinski definition) is 12. The molecule has 184 valence electrons. The maximum absolute atomic E-state index is 13.7. The van der Waals surface area contributed by atoms with Crippen molar-refractivity contribution in [1.29, 1.82) is 21.0 Å². The second-order valence-electron chi connectivity index (χ2n) is 7.86. The second kappa shape index (κ2) is 9.77. The molecule has 0 N–H and O–H groups in total. The van der Waals surface area contributed by atoms with Gasteiger partial charge in [0, 0.05) is 0 Å². The van der Waals surface area contributed by atoms with Gasteiger partial charge in [-0.1, -0.05) is 30.3 Å². The third-order valence-corrected chi connectivity index (χ3v) is 10.3. The van der Waals surface area contributed by atoms with Gasteiger partial charge in [-0.3, -0.25) is 0 Å². The van der Waals surface area contributed by atoms with Gasteiger partial charge in [0.05, 0.1) is 39.2 Å². The summed E-state index contributed by atoms with van der Waals surface area (Å²) in [6.45, 7) is 0.0861. The standard InChI is InChI=1S/C26H9N7O2S4/c27-8-14(9-28)31-18-6-16-22(38-18)20-24(36-16)25-21(33(20)26(34)35-12-13-4-2-1-3-5-13)23-17(37-25)7-19(39-23)32-15(10-29)11-30/h1-7H,12H2. The monoisotopic (exact) mass is 579 g/mol. The molecule has 0 spiro atoms. The Morgan fingerprint density at radius 3 is 1.69 bits per heavy atom. The van der Waals surface area contributed by atoms with Gasteiger partial charge in [0.2, 0.25) is 11.4 Å². The molecule has 0 aliphatic heterocycles. The molecule has 0 atom stereocenters. The molecule has 0 fully saturated rings. The maximum atomic E-state index is 13.7. The molecule has 0 aliphatic carbocycles. The van der Waals surface area contributed by atoms with E-state index in [1.165, 1.54) is 45.3 Å². The van der Waals surface area contributed by atoms with Crippen LogP contribution in [0.4, 0.5) is 14.8 Å². The summed E-state index contributed by atoms with van der Waals surface area (Å²) in [5, 5.41) is 37.4. The second-order valence-corrected chi connectivity index (χ2v) is 12.0. The molecule has 6 rings (SSSR count). The van der Waals surface area contributed by atoms with Crippen molar-refractivity contribution in [2.45, 2.75) is 6.61 Å². The van der Waals surface area contributed by atoms with Gasteiger partial charge in [0.25, 0.3) is 0 Å². The first-order valence-electron chi connectivity index (χ1n) is 11.0. The predicted octanol–water partition coefficient (Wildman–Crippen LogP) is 7.77. The number of nitrogens with zero attached hydrogens (tertiary/aromatic N) is 7. The molecule has 0 unspecified atom stereocenters. The highest BCUT2D eigenvalue weighted by molar-refractivity contribution is 7.39. The predicted molar refractivity (Wildman–Crippen MR) is 155 cm³/mol. The summed E-state index contributed by atoms with van der Waals surface area (Å²) in [6, 6.07) is 20.1. The van der Waals surface area contributed by atoms with Crippen LogP contribution >= 0.6 is 45.3 Å². The van der Waals surface area contributed by atoms with Crippen LogP contribution in [0.3, 0.4) is 0 Å². The lowest BCUT2D eigenvalue weighted by atomic mass is 10.2. The summed E-state index contributed by atoms with van der Waals surface area (Å²) in [6.07, 6.45) is -0.556. The van der Waals surface area contributed by atoms with Gasteiger partial charge in [0.1, 0.15) is 40.9 Å². The van der Waals surface area contributed by atoms with Crippen LogP contribution in [0.2, 0.25) is 0 Å².